The number of piperidine rings is 1. The number of hydrogen-bond donors (Lipinski definition) is 2. The van der Waals surface area contributed by atoms with Crippen LogP contribution < -0.4 is 10.6 Å². The molecular formula is C29H32F3N3O3. The van der Waals surface area contributed by atoms with Crippen LogP contribution in [0.2, 0.25) is 0 Å². The van der Waals surface area contributed by atoms with Gasteiger partial charge in [-0.1, -0.05) is 36.4 Å². The number of benzene rings is 2. The molecule has 2 N–H and O–H groups in total. The van der Waals surface area contributed by atoms with Gasteiger partial charge in [-0.15, -0.1) is 0 Å². The molecule has 2 saturated carbocycles. The number of alkyl halides is 3. The van der Waals surface area contributed by atoms with Crippen LogP contribution >= 0.6 is 0 Å². The van der Waals surface area contributed by atoms with Crippen LogP contribution in [-0.2, 0) is 22.2 Å². The monoisotopic (exact) mass is 527 g/mol. The second kappa shape index (κ2) is 10.9. The number of Topliss-reactive ketones (excluding diaryl/α,β-unsaturated/α-hetero) is 1. The Bertz CT molecular complexity index is 1170. The van der Waals surface area contributed by atoms with Crippen LogP contribution in [0.25, 0.3) is 0 Å². The fourth-order valence-corrected chi connectivity index (χ4v) is 6.14. The van der Waals surface area contributed by atoms with Crippen LogP contribution in [0.5, 0.6) is 0 Å². The van der Waals surface area contributed by atoms with E-state index in [4.69, 9.17) is 0 Å². The Balaban J connectivity index is 1.01. The number of carbonyl (C=O) groups excluding carboxylic acids is 3. The van der Waals surface area contributed by atoms with Crippen molar-refractivity contribution < 1.29 is 27.6 Å². The highest BCUT2D eigenvalue weighted by Gasteiger charge is 2.60. The Kier molecular flexibility index (Phi) is 7.56. The molecule has 3 aliphatic rings. The summed E-state index contributed by atoms with van der Waals surface area (Å²) in [5.41, 5.74) is 0.177. The summed E-state index contributed by atoms with van der Waals surface area (Å²) in [6, 6.07) is 14.6. The molecule has 0 radical (unpaired) electrons. The minimum absolute atomic E-state index is 0.0290. The van der Waals surface area contributed by atoms with Gasteiger partial charge >= 0.3 is 6.18 Å². The predicted octanol–water partition coefficient (Wildman–Crippen LogP) is 3.85. The zero-order chi connectivity index (χ0) is 26.9. The summed E-state index contributed by atoms with van der Waals surface area (Å²) >= 11 is 0. The molecule has 9 heteroatoms. The Morgan fingerprint density at radius 3 is 2.24 bits per heavy atom. The van der Waals surface area contributed by atoms with Crippen molar-refractivity contribution in [3.63, 3.8) is 0 Å². The van der Waals surface area contributed by atoms with Gasteiger partial charge < -0.3 is 10.6 Å². The minimum atomic E-state index is -4.46. The van der Waals surface area contributed by atoms with Gasteiger partial charge in [0.1, 0.15) is 0 Å². The van der Waals surface area contributed by atoms with Gasteiger partial charge in [-0.25, -0.2) is 0 Å². The van der Waals surface area contributed by atoms with E-state index in [0.29, 0.717) is 23.4 Å². The molecule has 3 atom stereocenters. The smallest absolute Gasteiger partial charge is 0.349 e. The fraction of sp³-hybridized carbons (Fsp3) is 0.483. The second-order valence-corrected chi connectivity index (χ2v) is 10.8. The van der Waals surface area contributed by atoms with Crippen molar-refractivity contribution in [3.05, 3.63) is 71.3 Å². The maximum atomic E-state index is 12.9. The highest BCUT2D eigenvalue weighted by atomic mass is 19.4. The maximum absolute atomic E-state index is 12.9. The molecule has 6 nitrogen and oxygen atoms in total. The lowest BCUT2D eigenvalue weighted by molar-refractivity contribution is -0.137. The van der Waals surface area contributed by atoms with Gasteiger partial charge in [0.15, 0.2) is 5.78 Å². The lowest BCUT2D eigenvalue weighted by Gasteiger charge is -2.36. The molecule has 2 aromatic carbocycles. The number of carbonyl (C=O) groups is 3. The molecule has 1 aliphatic heterocycles. The van der Waals surface area contributed by atoms with Crippen molar-refractivity contribution in [3.8, 4) is 0 Å². The van der Waals surface area contributed by atoms with Crippen LogP contribution in [0.1, 0.15) is 47.2 Å². The van der Waals surface area contributed by atoms with E-state index in [9.17, 15) is 27.6 Å². The third-order valence-corrected chi connectivity index (χ3v) is 8.22. The zero-order valence-electron chi connectivity index (χ0n) is 21.0. The van der Waals surface area contributed by atoms with Crippen LogP contribution in [0.4, 0.5) is 13.2 Å². The first-order valence-electron chi connectivity index (χ1n) is 13.2. The number of ketones is 1. The molecule has 3 fully saturated rings. The first kappa shape index (κ1) is 26.4. The third-order valence-electron chi connectivity index (χ3n) is 8.22. The molecule has 2 aliphatic carbocycles. The van der Waals surface area contributed by atoms with Crippen LogP contribution in [0.3, 0.4) is 0 Å². The third kappa shape index (κ3) is 6.09. The van der Waals surface area contributed by atoms with Crippen molar-refractivity contribution in [2.24, 2.45) is 17.8 Å². The second-order valence-electron chi connectivity index (χ2n) is 10.8. The van der Waals surface area contributed by atoms with E-state index >= 15 is 0 Å². The fourth-order valence-electron chi connectivity index (χ4n) is 6.14. The maximum Gasteiger partial charge on any atom is 0.416 e. The number of nitrogens with one attached hydrogen (secondary N) is 2. The van der Waals surface area contributed by atoms with E-state index < -0.39 is 11.7 Å². The number of amides is 2. The highest BCUT2D eigenvalue weighted by Crippen LogP contribution is 2.52. The van der Waals surface area contributed by atoms with Gasteiger partial charge in [0.2, 0.25) is 5.91 Å². The first-order valence-corrected chi connectivity index (χ1v) is 13.2. The molecule has 1 unspecified atom stereocenters. The Labute approximate surface area is 220 Å². The predicted molar refractivity (Wildman–Crippen MR) is 135 cm³/mol. The van der Waals surface area contributed by atoms with Crippen molar-refractivity contribution in [1.29, 1.82) is 0 Å². The Morgan fingerprint density at radius 2 is 1.58 bits per heavy atom. The van der Waals surface area contributed by atoms with Crippen LogP contribution in [-0.4, -0.2) is 54.2 Å². The molecule has 202 valence electrons. The van der Waals surface area contributed by atoms with Crippen LogP contribution in [0.15, 0.2) is 54.6 Å². The van der Waals surface area contributed by atoms with Gasteiger partial charge in [0, 0.05) is 43.1 Å². The molecule has 2 amide bonds. The van der Waals surface area contributed by atoms with E-state index in [-0.39, 0.29) is 48.1 Å². The molecule has 5 rings (SSSR count). The topological polar surface area (TPSA) is 78.5 Å². The number of rotatable bonds is 8. The number of nitrogens with zero attached hydrogens (tertiary/aromatic N) is 1. The largest absolute Gasteiger partial charge is 0.416 e. The molecule has 0 bridgehead atoms. The first-order chi connectivity index (χ1) is 18.2. The van der Waals surface area contributed by atoms with E-state index in [2.05, 4.69) is 15.5 Å². The zero-order valence-corrected chi connectivity index (χ0v) is 21.0. The molecule has 1 saturated heterocycles. The van der Waals surface area contributed by atoms with Gasteiger partial charge in [0.05, 0.1) is 12.1 Å². The van der Waals surface area contributed by atoms with Crippen molar-refractivity contribution in [2.75, 3.05) is 19.6 Å². The van der Waals surface area contributed by atoms with Gasteiger partial charge in [-0.2, -0.15) is 13.2 Å². The van der Waals surface area contributed by atoms with Gasteiger partial charge in [-0.3, -0.25) is 19.3 Å². The van der Waals surface area contributed by atoms with Gasteiger partial charge in [-0.05, 0) is 61.3 Å². The summed E-state index contributed by atoms with van der Waals surface area (Å²) in [7, 11) is 0. The molecule has 0 aromatic heterocycles. The van der Waals surface area contributed by atoms with Crippen molar-refractivity contribution in [2.45, 2.75) is 50.4 Å². The Morgan fingerprint density at radius 1 is 0.895 bits per heavy atom. The normalized spacial score (nSPS) is 26.9. The average Bonchev–Trinajstić information content (AvgIpc) is 3.41. The van der Waals surface area contributed by atoms with E-state index in [1.807, 2.05) is 30.3 Å². The summed E-state index contributed by atoms with van der Waals surface area (Å²) in [4.78, 5) is 39.8. The number of likely N-dealkylation sites (tertiary alicyclic amines) is 1. The summed E-state index contributed by atoms with van der Waals surface area (Å²) in [5.74, 6) is 0.0199. The summed E-state index contributed by atoms with van der Waals surface area (Å²) in [5, 5.41) is 5.85. The molecule has 38 heavy (non-hydrogen) atoms. The highest BCUT2D eigenvalue weighted by molar-refractivity contribution is 5.94. The van der Waals surface area contributed by atoms with E-state index in [0.717, 1.165) is 50.9 Å². The molecule has 1 heterocycles. The lowest BCUT2D eigenvalue weighted by atomic mass is 9.90. The van der Waals surface area contributed by atoms with Crippen LogP contribution in [0, 0.1) is 17.8 Å². The van der Waals surface area contributed by atoms with Gasteiger partial charge in [0.25, 0.3) is 5.91 Å². The minimum Gasteiger partial charge on any atom is -0.349 e. The average molecular weight is 528 g/mol. The van der Waals surface area contributed by atoms with Crippen molar-refractivity contribution in [1.82, 2.24) is 15.5 Å². The summed E-state index contributed by atoms with van der Waals surface area (Å²) in [6.45, 7) is 1.56. The SMILES string of the molecule is O=C(CNC(=O)C1[C@H]2CN(C3CCC(NC(=O)c4ccccc4)CC3)C[C@@H]12)Cc1cccc(C(F)(F)F)c1. The van der Waals surface area contributed by atoms with Crippen molar-refractivity contribution >= 4 is 17.6 Å². The number of halogens is 3. The summed E-state index contributed by atoms with van der Waals surface area (Å²) < 4.78 is 38.6. The number of fused-ring (bicyclic) bond motifs is 1. The lowest BCUT2D eigenvalue weighted by Crippen LogP contribution is -2.44. The summed E-state index contributed by atoms with van der Waals surface area (Å²) in [6.07, 6.45) is -0.702. The number of hydrogen-bond acceptors (Lipinski definition) is 4. The van der Waals surface area contributed by atoms with E-state index in [1.165, 1.54) is 12.1 Å². The quantitative estimate of drug-likeness (QED) is 0.547. The molecule has 0 spiro atoms. The molecule has 2 aromatic rings. The molecular weight excluding hydrogens is 495 g/mol. The standard InChI is InChI=1S/C29H32F3N3O3/c30-29(31,32)20-8-4-5-18(13-20)14-23(36)15-33-28(38)26-24-16-35(17-25(24)26)22-11-9-21(10-12-22)34-27(37)19-6-2-1-3-7-19/h1-8,13,21-22,24-26H,9-12,14-17H2,(H,33,38)(H,34,37)/t21?,22?,24-,25+,26?. The Hall–Kier alpha value is -3.20. The van der Waals surface area contributed by atoms with E-state index in [1.54, 1.807) is 0 Å².